The van der Waals surface area contributed by atoms with E-state index in [0.717, 1.165) is 12.3 Å². The first-order chi connectivity index (χ1) is 11.2. The highest BCUT2D eigenvalue weighted by Crippen LogP contribution is 2.41. The van der Waals surface area contributed by atoms with Crippen LogP contribution in [0.1, 0.15) is 62.9 Å². The van der Waals surface area contributed by atoms with E-state index < -0.39 is 28.6 Å². The number of nitrogens with one attached hydrogen (secondary N) is 1. The molecule has 140 valence electrons. The lowest BCUT2D eigenvalue weighted by Crippen LogP contribution is -2.30. The highest BCUT2D eigenvalue weighted by atomic mass is 35.5. The van der Waals surface area contributed by atoms with Gasteiger partial charge >= 0.3 is 6.18 Å². The van der Waals surface area contributed by atoms with E-state index >= 15 is 0 Å². The van der Waals surface area contributed by atoms with Gasteiger partial charge in [0, 0.05) is 11.0 Å². The maximum Gasteiger partial charge on any atom is 0.418 e. The van der Waals surface area contributed by atoms with Crippen molar-refractivity contribution in [2.24, 2.45) is 10.8 Å². The van der Waals surface area contributed by atoms with Gasteiger partial charge in [-0.25, -0.2) is 0 Å². The van der Waals surface area contributed by atoms with E-state index in [2.05, 4.69) is 0 Å². The molecule has 0 spiro atoms. The SMILES string of the molecule is CC(C)(C)CCC(C)(CC=N)C(=O)c1cc(Cl)c(N)c(C(F)(F)F)c1. The average Bonchev–Trinajstić information content (AvgIpc) is 2.45. The quantitative estimate of drug-likeness (QED) is 0.363. The maximum absolute atomic E-state index is 13.1. The van der Waals surface area contributed by atoms with Crippen LogP contribution in [0.4, 0.5) is 18.9 Å². The van der Waals surface area contributed by atoms with Crippen molar-refractivity contribution in [3.8, 4) is 0 Å². The number of alkyl halides is 3. The van der Waals surface area contributed by atoms with Gasteiger partial charge in [0.15, 0.2) is 5.78 Å². The Morgan fingerprint density at radius 3 is 2.20 bits per heavy atom. The normalized spacial score (nSPS) is 14.9. The molecule has 3 nitrogen and oxygen atoms in total. The summed E-state index contributed by atoms with van der Waals surface area (Å²) in [5, 5.41) is 7.06. The van der Waals surface area contributed by atoms with Crippen molar-refractivity contribution in [3.63, 3.8) is 0 Å². The van der Waals surface area contributed by atoms with Gasteiger partial charge in [-0.3, -0.25) is 4.79 Å². The van der Waals surface area contributed by atoms with E-state index in [9.17, 15) is 18.0 Å². The fraction of sp³-hybridized carbons (Fsp3) is 0.556. The third kappa shape index (κ3) is 5.46. The number of hydrogen-bond donors (Lipinski definition) is 2. The summed E-state index contributed by atoms with van der Waals surface area (Å²) in [7, 11) is 0. The van der Waals surface area contributed by atoms with Crippen molar-refractivity contribution in [2.45, 2.75) is 53.1 Å². The van der Waals surface area contributed by atoms with E-state index in [4.69, 9.17) is 22.7 Å². The summed E-state index contributed by atoms with van der Waals surface area (Å²) in [4.78, 5) is 12.9. The van der Waals surface area contributed by atoms with E-state index in [1.165, 1.54) is 6.07 Å². The van der Waals surface area contributed by atoms with Gasteiger partial charge in [0.1, 0.15) is 0 Å². The van der Waals surface area contributed by atoms with Crippen molar-refractivity contribution >= 4 is 29.3 Å². The maximum atomic E-state index is 13.1. The van der Waals surface area contributed by atoms with Gasteiger partial charge in [0.2, 0.25) is 0 Å². The zero-order chi connectivity index (χ0) is 19.6. The van der Waals surface area contributed by atoms with Crippen molar-refractivity contribution in [1.29, 1.82) is 5.41 Å². The Bertz CT molecular complexity index is 666. The van der Waals surface area contributed by atoms with Crippen LogP contribution in [-0.2, 0) is 6.18 Å². The number of hydrogen-bond acceptors (Lipinski definition) is 3. The smallest absolute Gasteiger partial charge is 0.397 e. The van der Waals surface area contributed by atoms with Crippen LogP contribution in [0.3, 0.4) is 0 Å². The van der Waals surface area contributed by atoms with Gasteiger partial charge in [0.05, 0.1) is 16.3 Å². The van der Waals surface area contributed by atoms with Crippen molar-refractivity contribution in [3.05, 3.63) is 28.3 Å². The standard InChI is InChI=1S/C18H24ClF3N2O/c1-16(2,3)5-6-17(4,7-8-23)15(25)11-9-12(18(20,21)22)14(24)13(19)10-11/h8-10,23H,5-7,24H2,1-4H3. The summed E-state index contributed by atoms with van der Waals surface area (Å²) in [6, 6.07) is 1.93. The lowest BCUT2D eigenvalue weighted by molar-refractivity contribution is -0.136. The lowest BCUT2D eigenvalue weighted by Gasteiger charge is -2.30. The van der Waals surface area contributed by atoms with Gasteiger partial charge in [0.25, 0.3) is 0 Å². The molecule has 1 unspecified atom stereocenters. The van der Waals surface area contributed by atoms with Crippen LogP contribution in [-0.4, -0.2) is 12.0 Å². The Hall–Kier alpha value is -1.56. The van der Waals surface area contributed by atoms with Crippen LogP contribution < -0.4 is 5.73 Å². The number of benzene rings is 1. The minimum absolute atomic E-state index is 0.0422. The summed E-state index contributed by atoms with van der Waals surface area (Å²) in [5.41, 5.74) is 2.57. The average molecular weight is 377 g/mol. The largest absolute Gasteiger partial charge is 0.418 e. The Labute approximate surface area is 151 Å². The molecule has 0 radical (unpaired) electrons. The van der Waals surface area contributed by atoms with Crippen LogP contribution in [0, 0.1) is 16.2 Å². The Balaban J connectivity index is 3.34. The molecule has 0 heterocycles. The van der Waals surface area contributed by atoms with Gasteiger partial charge in [-0.2, -0.15) is 13.2 Å². The van der Waals surface area contributed by atoms with Gasteiger partial charge < -0.3 is 11.1 Å². The molecule has 0 saturated carbocycles. The second-order valence-corrected chi connectivity index (χ2v) is 8.18. The lowest BCUT2D eigenvalue weighted by atomic mass is 9.72. The van der Waals surface area contributed by atoms with Gasteiger partial charge in [-0.1, -0.05) is 39.3 Å². The molecule has 0 fully saturated rings. The van der Waals surface area contributed by atoms with E-state index in [1.54, 1.807) is 6.92 Å². The summed E-state index contributed by atoms with van der Waals surface area (Å²) < 4.78 is 39.4. The molecular weight excluding hydrogens is 353 g/mol. The van der Waals surface area contributed by atoms with Crippen molar-refractivity contribution < 1.29 is 18.0 Å². The first-order valence-electron chi connectivity index (χ1n) is 7.91. The molecule has 1 rings (SSSR count). The van der Waals surface area contributed by atoms with Crippen LogP contribution in [0.25, 0.3) is 0 Å². The first-order valence-corrected chi connectivity index (χ1v) is 8.29. The molecule has 7 heteroatoms. The van der Waals surface area contributed by atoms with E-state index in [1.807, 2.05) is 20.8 Å². The number of carbonyl (C=O) groups is 1. The molecule has 1 aromatic carbocycles. The molecule has 25 heavy (non-hydrogen) atoms. The molecule has 0 aliphatic heterocycles. The summed E-state index contributed by atoms with van der Waals surface area (Å²) in [6.45, 7) is 7.72. The van der Waals surface area contributed by atoms with Gasteiger partial charge in [-0.05, 0) is 43.0 Å². The zero-order valence-electron chi connectivity index (χ0n) is 14.9. The van der Waals surface area contributed by atoms with Crippen molar-refractivity contribution in [2.75, 3.05) is 5.73 Å². The zero-order valence-corrected chi connectivity index (χ0v) is 15.6. The molecular formula is C18H24ClF3N2O. The van der Waals surface area contributed by atoms with Crippen LogP contribution >= 0.6 is 11.6 Å². The fourth-order valence-electron chi connectivity index (χ4n) is 2.52. The first kappa shape index (κ1) is 21.5. The predicted molar refractivity (Wildman–Crippen MR) is 95.4 cm³/mol. The second kappa shape index (κ2) is 7.36. The molecule has 0 saturated heterocycles. The highest BCUT2D eigenvalue weighted by Gasteiger charge is 2.38. The van der Waals surface area contributed by atoms with Crippen molar-refractivity contribution in [1.82, 2.24) is 0 Å². The van der Waals surface area contributed by atoms with Gasteiger partial charge in [-0.15, -0.1) is 0 Å². The summed E-state index contributed by atoms with van der Waals surface area (Å²) >= 11 is 5.82. The second-order valence-electron chi connectivity index (χ2n) is 7.78. The fourth-order valence-corrected chi connectivity index (χ4v) is 2.74. The number of Topliss-reactive ketones (excluding diaryl/α,β-unsaturated/α-hetero) is 1. The number of nitrogen functional groups attached to an aromatic ring is 1. The molecule has 0 bridgehead atoms. The number of anilines is 1. The monoisotopic (exact) mass is 376 g/mol. The third-order valence-electron chi connectivity index (χ3n) is 4.22. The summed E-state index contributed by atoms with van der Waals surface area (Å²) in [5.74, 6) is -0.465. The minimum atomic E-state index is -4.70. The van der Waals surface area contributed by atoms with E-state index in [-0.39, 0.29) is 22.4 Å². The third-order valence-corrected chi connectivity index (χ3v) is 4.54. The Morgan fingerprint density at radius 2 is 1.76 bits per heavy atom. The number of ketones is 1. The van der Waals surface area contributed by atoms with Crippen LogP contribution in [0.2, 0.25) is 5.02 Å². The number of rotatable bonds is 6. The molecule has 0 aliphatic carbocycles. The summed E-state index contributed by atoms with van der Waals surface area (Å²) in [6.07, 6.45) is -2.30. The predicted octanol–water partition coefficient (Wildman–Crippen LogP) is 6.00. The van der Waals surface area contributed by atoms with Crippen LogP contribution in [0.15, 0.2) is 12.1 Å². The molecule has 0 amide bonds. The highest BCUT2D eigenvalue weighted by molar-refractivity contribution is 6.33. The molecule has 0 aliphatic rings. The van der Waals surface area contributed by atoms with Crippen LogP contribution in [0.5, 0.6) is 0 Å². The topological polar surface area (TPSA) is 66.9 Å². The number of halogens is 4. The Morgan fingerprint density at radius 1 is 1.20 bits per heavy atom. The minimum Gasteiger partial charge on any atom is -0.397 e. The number of carbonyl (C=O) groups excluding carboxylic acids is 1. The molecule has 0 aromatic heterocycles. The molecule has 1 atom stereocenters. The molecule has 1 aromatic rings. The Kier molecular flexibility index (Phi) is 6.32. The molecule has 3 N–H and O–H groups in total. The number of nitrogens with two attached hydrogens (primary N) is 1. The van der Waals surface area contributed by atoms with E-state index in [0.29, 0.717) is 12.8 Å².